The summed E-state index contributed by atoms with van der Waals surface area (Å²) >= 11 is 0. The highest BCUT2D eigenvalue weighted by atomic mass is 16.2. The normalized spacial score (nSPS) is 24.6. The fourth-order valence-corrected chi connectivity index (χ4v) is 4.99. The van der Waals surface area contributed by atoms with E-state index in [9.17, 15) is 9.59 Å². The van der Waals surface area contributed by atoms with Crippen LogP contribution in [-0.4, -0.2) is 53.8 Å². The number of fused-ring (bicyclic) bond motifs is 1. The Morgan fingerprint density at radius 1 is 0.966 bits per heavy atom. The molecule has 0 bridgehead atoms. The summed E-state index contributed by atoms with van der Waals surface area (Å²) in [6.45, 7) is 5.33. The van der Waals surface area contributed by atoms with E-state index in [4.69, 9.17) is 0 Å². The molecule has 5 heteroatoms. The van der Waals surface area contributed by atoms with Crippen molar-refractivity contribution >= 4 is 17.5 Å². The van der Waals surface area contributed by atoms with Crippen molar-refractivity contribution in [3.8, 4) is 0 Å². The molecule has 0 aliphatic carbocycles. The zero-order valence-electron chi connectivity index (χ0n) is 17.0. The van der Waals surface area contributed by atoms with Crippen LogP contribution in [0.3, 0.4) is 0 Å². The van der Waals surface area contributed by atoms with Gasteiger partial charge >= 0.3 is 0 Å². The third-order valence-corrected chi connectivity index (χ3v) is 6.62. The number of anilines is 1. The fourth-order valence-electron chi connectivity index (χ4n) is 4.99. The monoisotopic (exact) mass is 391 g/mol. The second-order valence-electron chi connectivity index (χ2n) is 8.07. The molecule has 152 valence electrons. The highest BCUT2D eigenvalue weighted by Gasteiger charge is 2.53. The van der Waals surface area contributed by atoms with Gasteiger partial charge in [-0.25, -0.2) is 0 Å². The van der Waals surface area contributed by atoms with Crippen molar-refractivity contribution in [3.05, 3.63) is 66.2 Å². The quantitative estimate of drug-likeness (QED) is 0.866. The number of carbonyl (C=O) groups is 2. The van der Waals surface area contributed by atoms with Crippen molar-refractivity contribution in [1.82, 2.24) is 9.80 Å². The summed E-state index contributed by atoms with van der Waals surface area (Å²) in [5.41, 5.74) is 1.11. The summed E-state index contributed by atoms with van der Waals surface area (Å²) < 4.78 is 0. The van der Waals surface area contributed by atoms with Gasteiger partial charge in [0.15, 0.2) is 0 Å². The average molecular weight is 392 g/mol. The number of hydrogen-bond acceptors (Lipinski definition) is 3. The number of carbonyl (C=O) groups excluding carboxylic acids is 2. The van der Waals surface area contributed by atoms with Gasteiger partial charge in [-0.2, -0.15) is 0 Å². The van der Waals surface area contributed by atoms with Gasteiger partial charge in [0.25, 0.3) is 5.91 Å². The molecule has 0 aromatic heterocycles. The number of para-hydroxylation sites is 1. The lowest BCUT2D eigenvalue weighted by Gasteiger charge is -2.35. The number of benzene rings is 2. The molecular weight excluding hydrogens is 362 g/mol. The summed E-state index contributed by atoms with van der Waals surface area (Å²) in [5.74, 6) is 0.158. The van der Waals surface area contributed by atoms with Crippen LogP contribution in [0.25, 0.3) is 0 Å². The minimum atomic E-state index is -0.447. The van der Waals surface area contributed by atoms with Crippen LogP contribution in [0.15, 0.2) is 60.7 Å². The van der Waals surface area contributed by atoms with E-state index in [1.165, 1.54) is 0 Å². The molecule has 5 nitrogen and oxygen atoms in total. The topological polar surface area (TPSA) is 52.7 Å². The van der Waals surface area contributed by atoms with E-state index in [1.807, 2.05) is 65.6 Å². The lowest BCUT2D eigenvalue weighted by atomic mass is 9.75. The van der Waals surface area contributed by atoms with Crippen LogP contribution in [-0.2, 0) is 4.79 Å². The molecule has 2 atom stereocenters. The molecule has 0 unspecified atom stereocenters. The first-order chi connectivity index (χ1) is 14.1. The summed E-state index contributed by atoms with van der Waals surface area (Å²) in [5, 5.41) is 3.15. The molecular formula is C24H29N3O2. The van der Waals surface area contributed by atoms with Crippen LogP contribution in [0.4, 0.5) is 5.69 Å². The fraction of sp³-hybridized carbons (Fsp3) is 0.417. The number of hydrogen-bond donors (Lipinski definition) is 1. The van der Waals surface area contributed by atoms with E-state index < -0.39 is 5.41 Å². The third kappa shape index (κ3) is 3.79. The molecule has 2 fully saturated rings. The molecule has 2 aromatic carbocycles. The van der Waals surface area contributed by atoms with Gasteiger partial charge in [-0.15, -0.1) is 0 Å². The van der Waals surface area contributed by atoms with E-state index in [0.29, 0.717) is 19.5 Å². The molecule has 2 aromatic rings. The Morgan fingerprint density at radius 3 is 2.31 bits per heavy atom. The Labute approximate surface area is 172 Å². The number of nitrogens with zero attached hydrogens (tertiary/aromatic N) is 2. The minimum absolute atomic E-state index is 0.0623. The van der Waals surface area contributed by atoms with Crippen LogP contribution < -0.4 is 5.32 Å². The molecule has 0 radical (unpaired) electrons. The lowest BCUT2D eigenvalue weighted by molar-refractivity contribution is -0.127. The lowest BCUT2D eigenvalue weighted by Crippen LogP contribution is -2.47. The maximum Gasteiger partial charge on any atom is 0.253 e. The molecule has 2 aliphatic rings. The van der Waals surface area contributed by atoms with Crippen LogP contribution in [0, 0.1) is 5.41 Å². The summed E-state index contributed by atoms with van der Waals surface area (Å²) in [6.07, 6.45) is 2.37. The number of amides is 2. The van der Waals surface area contributed by atoms with Gasteiger partial charge in [0.1, 0.15) is 0 Å². The predicted molar refractivity (Wildman–Crippen MR) is 115 cm³/mol. The van der Waals surface area contributed by atoms with Crippen molar-refractivity contribution < 1.29 is 9.59 Å². The summed E-state index contributed by atoms with van der Waals surface area (Å²) in [7, 11) is 0. The minimum Gasteiger partial charge on any atom is -0.339 e. The van der Waals surface area contributed by atoms with Gasteiger partial charge < -0.3 is 10.2 Å². The zero-order valence-corrected chi connectivity index (χ0v) is 17.0. The van der Waals surface area contributed by atoms with Gasteiger partial charge in [0.2, 0.25) is 5.91 Å². The van der Waals surface area contributed by atoms with Crippen molar-refractivity contribution in [2.45, 2.75) is 32.2 Å². The average Bonchev–Trinajstić information content (AvgIpc) is 3.02. The molecule has 2 amide bonds. The Kier molecular flexibility index (Phi) is 5.67. The predicted octanol–water partition coefficient (Wildman–Crippen LogP) is 3.64. The molecule has 4 rings (SSSR count). The Morgan fingerprint density at radius 2 is 1.62 bits per heavy atom. The van der Waals surface area contributed by atoms with Crippen LogP contribution in [0.2, 0.25) is 0 Å². The first-order valence-corrected chi connectivity index (χ1v) is 10.6. The maximum atomic E-state index is 13.5. The smallest absolute Gasteiger partial charge is 0.253 e. The van der Waals surface area contributed by atoms with Crippen LogP contribution in [0.5, 0.6) is 0 Å². The molecule has 1 N–H and O–H groups in total. The summed E-state index contributed by atoms with van der Waals surface area (Å²) in [6, 6.07) is 19.3. The van der Waals surface area contributed by atoms with E-state index in [-0.39, 0.29) is 17.9 Å². The second kappa shape index (κ2) is 8.37. The maximum absolute atomic E-state index is 13.5. The zero-order chi connectivity index (χ0) is 20.3. The van der Waals surface area contributed by atoms with Gasteiger partial charge in [-0.1, -0.05) is 43.3 Å². The molecule has 0 saturated carbocycles. The highest BCUT2D eigenvalue weighted by Crippen LogP contribution is 2.44. The highest BCUT2D eigenvalue weighted by molar-refractivity contribution is 5.97. The van der Waals surface area contributed by atoms with Crippen molar-refractivity contribution in [1.29, 1.82) is 0 Å². The Hall–Kier alpha value is -2.66. The number of nitrogens with one attached hydrogen (secondary N) is 1. The van der Waals surface area contributed by atoms with Gasteiger partial charge in [-0.05, 0) is 56.6 Å². The SMILES string of the molecule is CCN1CC[C@]2(C(=O)Nc3ccccc3)CCN(C(=O)c3ccccc3)CC[C@H]12. The molecule has 2 aliphatic heterocycles. The largest absolute Gasteiger partial charge is 0.339 e. The van der Waals surface area contributed by atoms with Gasteiger partial charge in [-0.3, -0.25) is 14.5 Å². The third-order valence-electron chi connectivity index (χ3n) is 6.62. The molecule has 2 saturated heterocycles. The van der Waals surface area contributed by atoms with E-state index >= 15 is 0 Å². The van der Waals surface area contributed by atoms with Crippen molar-refractivity contribution in [3.63, 3.8) is 0 Å². The molecule has 29 heavy (non-hydrogen) atoms. The molecule has 2 heterocycles. The molecule has 0 spiro atoms. The summed E-state index contributed by atoms with van der Waals surface area (Å²) in [4.78, 5) is 30.8. The van der Waals surface area contributed by atoms with E-state index in [0.717, 1.165) is 37.2 Å². The Bertz CT molecular complexity index is 855. The number of rotatable bonds is 4. The van der Waals surface area contributed by atoms with Crippen molar-refractivity contribution in [2.75, 3.05) is 31.5 Å². The van der Waals surface area contributed by atoms with Crippen LogP contribution >= 0.6 is 0 Å². The van der Waals surface area contributed by atoms with E-state index in [2.05, 4.69) is 17.1 Å². The van der Waals surface area contributed by atoms with Gasteiger partial charge in [0.05, 0.1) is 5.41 Å². The van der Waals surface area contributed by atoms with Crippen molar-refractivity contribution in [2.24, 2.45) is 5.41 Å². The first kappa shape index (κ1) is 19.6. The van der Waals surface area contributed by atoms with Gasteiger partial charge in [0, 0.05) is 30.4 Å². The number of likely N-dealkylation sites (tertiary alicyclic amines) is 2. The standard InChI is InChI=1S/C24H29N3O2/c1-2-26-17-14-24(23(29)25-20-11-7-4-8-12-20)15-18-27(16-13-21(24)26)22(28)19-9-5-3-6-10-19/h3-12,21H,2,13-18H2,1H3,(H,25,29)/t21-,24-/m0/s1. The van der Waals surface area contributed by atoms with E-state index in [1.54, 1.807) is 0 Å². The van der Waals surface area contributed by atoms with Crippen LogP contribution in [0.1, 0.15) is 36.5 Å². The first-order valence-electron chi connectivity index (χ1n) is 10.6. The Balaban J connectivity index is 1.57. The second-order valence-corrected chi connectivity index (χ2v) is 8.07.